The van der Waals surface area contributed by atoms with Crippen LogP contribution in [0.15, 0.2) is 36.4 Å². The van der Waals surface area contributed by atoms with Crippen molar-refractivity contribution in [2.24, 2.45) is 0 Å². The lowest BCUT2D eigenvalue weighted by Gasteiger charge is -2.21. The summed E-state index contributed by atoms with van der Waals surface area (Å²) in [4.78, 5) is 12.8. The van der Waals surface area contributed by atoms with Gasteiger partial charge >= 0.3 is 0 Å². The van der Waals surface area contributed by atoms with Gasteiger partial charge in [0, 0.05) is 0 Å². The lowest BCUT2D eigenvalue weighted by Crippen LogP contribution is -2.16. The van der Waals surface area contributed by atoms with Gasteiger partial charge in [0.05, 0.1) is 32.6 Å². The molecule has 0 spiro atoms. The molecule has 0 aliphatic heterocycles. The maximum Gasteiger partial charge on any atom is 0.259 e. The zero-order valence-corrected chi connectivity index (χ0v) is 15.6. The zero-order chi connectivity index (χ0) is 18.6. The van der Waals surface area contributed by atoms with E-state index < -0.39 is 0 Å². The Kier molecular flexibility index (Phi) is 5.57. The second-order valence-corrected chi connectivity index (χ2v) is 6.69. The second-order valence-electron chi connectivity index (χ2n) is 6.69. The van der Waals surface area contributed by atoms with E-state index in [1.165, 1.54) is 7.11 Å². The van der Waals surface area contributed by atoms with Crippen LogP contribution in [-0.4, -0.2) is 27.2 Å². The van der Waals surface area contributed by atoms with E-state index in [0.29, 0.717) is 28.5 Å². The molecule has 0 saturated heterocycles. The first kappa shape index (κ1) is 18.6. The molecule has 0 unspecified atom stereocenters. The number of anilines is 1. The molecule has 0 fully saturated rings. The number of nitrogens with one attached hydrogen (secondary N) is 1. The van der Waals surface area contributed by atoms with Crippen LogP contribution in [0.1, 0.15) is 36.7 Å². The maximum absolute atomic E-state index is 12.8. The minimum Gasteiger partial charge on any atom is -0.497 e. The Balaban J connectivity index is 2.40. The average Bonchev–Trinajstić information content (AvgIpc) is 2.60. The summed E-state index contributed by atoms with van der Waals surface area (Å²) < 4.78 is 15.9. The van der Waals surface area contributed by atoms with Gasteiger partial charge in [-0.25, -0.2) is 0 Å². The van der Waals surface area contributed by atoms with Gasteiger partial charge in [-0.05, 0) is 41.3 Å². The molecule has 2 aromatic rings. The molecule has 0 bridgehead atoms. The fraction of sp³-hybridized carbons (Fsp3) is 0.350. The van der Waals surface area contributed by atoms with Crippen molar-refractivity contribution in [3.05, 3.63) is 47.5 Å². The molecule has 0 heterocycles. The second kappa shape index (κ2) is 7.47. The topological polar surface area (TPSA) is 56.8 Å². The summed E-state index contributed by atoms with van der Waals surface area (Å²) in [6.07, 6.45) is 0. The van der Waals surface area contributed by atoms with Gasteiger partial charge in [0.1, 0.15) is 17.2 Å². The first-order valence-corrected chi connectivity index (χ1v) is 8.02. The third-order valence-corrected chi connectivity index (χ3v) is 3.96. The van der Waals surface area contributed by atoms with Crippen molar-refractivity contribution in [2.75, 3.05) is 26.6 Å². The van der Waals surface area contributed by atoms with E-state index in [-0.39, 0.29) is 11.3 Å². The summed E-state index contributed by atoms with van der Waals surface area (Å²) in [6, 6.07) is 10.9. The molecule has 1 N–H and O–H groups in total. The largest absolute Gasteiger partial charge is 0.497 e. The van der Waals surface area contributed by atoms with Gasteiger partial charge in [0.15, 0.2) is 0 Å². The molecule has 5 nitrogen and oxygen atoms in total. The highest BCUT2D eigenvalue weighted by Gasteiger charge is 2.19. The van der Waals surface area contributed by atoms with Crippen molar-refractivity contribution in [3.8, 4) is 17.2 Å². The van der Waals surface area contributed by atoms with Crippen LogP contribution in [0.4, 0.5) is 5.69 Å². The predicted octanol–water partition coefficient (Wildman–Crippen LogP) is 4.26. The zero-order valence-electron chi connectivity index (χ0n) is 15.6. The minimum atomic E-state index is -0.292. The molecule has 2 aromatic carbocycles. The van der Waals surface area contributed by atoms with E-state index in [9.17, 15) is 4.79 Å². The van der Waals surface area contributed by atoms with E-state index >= 15 is 0 Å². The number of ether oxygens (including phenoxy) is 3. The molecule has 0 aromatic heterocycles. The molecule has 0 aliphatic rings. The Morgan fingerprint density at radius 3 is 2.08 bits per heavy atom. The van der Waals surface area contributed by atoms with Crippen molar-refractivity contribution in [1.82, 2.24) is 0 Å². The summed E-state index contributed by atoms with van der Waals surface area (Å²) in [7, 11) is 4.66. The number of amides is 1. The van der Waals surface area contributed by atoms with Gasteiger partial charge < -0.3 is 19.5 Å². The quantitative estimate of drug-likeness (QED) is 0.881. The molecule has 2 rings (SSSR count). The smallest absolute Gasteiger partial charge is 0.259 e. The molecule has 0 radical (unpaired) electrons. The van der Waals surface area contributed by atoms with Gasteiger partial charge in [-0.15, -0.1) is 0 Å². The Morgan fingerprint density at radius 2 is 1.52 bits per heavy atom. The highest BCUT2D eigenvalue weighted by molar-refractivity contribution is 6.07. The number of hydrogen-bond acceptors (Lipinski definition) is 4. The normalized spacial score (nSPS) is 11.0. The predicted molar refractivity (Wildman–Crippen MR) is 99.2 cm³/mol. The van der Waals surface area contributed by atoms with Crippen molar-refractivity contribution >= 4 is 11.6 Å². The summed E-state index contributed by atoms with van der Waals surface area (Å²) in [5, 5.41) is 2.92. The molecule has 1 amide bonds. The summed E-state index contributed by atoms with van der Waals surface area (Å²) in [5.74, 6) is 1.37. The van der Waals surface area contributed by atoms with Crippen LogP contribution in [-0.2, 0) is 5.41 Å². The summed E-state index contributed by atoms with van der Waals surface area (Å²) in [6.45, 7) is 6.35. The van der Waals surface area contributed by atoms with Gasteiger partial charge in [-0.2, -0.15) is 0 Å². The van der Waals surface area contributed by atoms with Gasteiger partial charge in [0.25, 0.3) is 5.91 Å². The maximum atomic E-state index is 12.8. The van der Waals surface area contributed by atoms with Gasteiger partial charge in [0.2, 0.25) is 0 Å². The lowest BCUT2D eigenvalue weighted by atomic mass is 9.87. The average molecular weight is 343 g/mol. The van der Waals surface area contributed by atoms with E-state index in [1.807, 2.05) is 18.2 Å². The first-order valence-electron chi connectivity index (χ1n) is 8.02. The fourth-order valence-electron chi connectivity index (χ4n) is 2.45. The van der Waals surface area contributed by atoms with Crippen LogP contribution in [0.5, 0.6) is 17.2 Å². The van der Waals surface area contributed by atoms with Crippen LogP contribution >= 0.6 is 0 Å². The van der Waals surface area contributed by atoms with Gasteiger partial charge in [-0.3, -0.25) is 4.79 Å². The van der Waals surface area contributed by atoms with Crippen molar-refractivity contribution in [3.63, 3.8) is 0 Å². The van der Waals surface area contributed by atoms with Gasteiger partial charge in [-0.1, -0.05) is 26.8 Å². The van der Waals surface area contributed by atoms with E-state index in [1.54, 1.807) is 32.4 Å². The van der Waals surface area contributed by atoms with Crippen molar-refractivity contribution in [1.29, 1.82) is 0 Å². The fourth-order valence-corrected chi connectivity index (χ4v) is 2.45. The van der Waals surface area contributed by atoms with E-state index in [2.05, 4.69) is 26.1 Å². The van der Waals surface area contributed by atoms with Crippen molar-refractivity contribution < 1.29 is 19.0 Å². The lowest BCUT2D eigenvalue weighted by molar-refractivity contribution is 0.102. The third-order valence-electron chi connectivity index (χ3n) is 3.96. The molecular weight excluding hydrogens is 318 g/mol. The number of carbonyl (C=O) groups is 1. The number of benzene rings is 2. The molecule has 0 aliphatic carbocycles. The molecule has 134 valence electrons. The monoisotopic (exact) mass is 343 g/mol. The number of methoxy groups -OCH3 is 3. The van der Waals surface area contributed by atoms with Crippen LogP contribution in [0.25, 0.3) is 0 Å². The highest BCUT2D eigenvalue weighted by atomic mass is 16.5. The SMILES string of the molecule is COc1ccc(OC)c(C(=O)Nc2cc(C(C)(C)C)ccc2OC)c1. The minimum absolute atomic E-state index is 0.0423. The Labute approximate surface area is 148 Å². The number of rotatable bonds is 5. The number of carbonyl (C=O) groups excluding carboxylic acids is 1. The van der Waals surface area contributed by atoms with E-state index in [4.69, 9.17) is 14.2 Å². The molecular formula is C20H25NO4. The first-order chi connectivity index (χ1) is 11.8. The Hall–Kier alpha value is -2.69. The molecule has 25 heavy (non-hydrogen) atoms. The van der Waals surface area contributed by atoms with Crippen molar-refractivity contribution in [2.45, 2.75) is 26.2 Å². The van der Waals surface area contributed by atoms with Crippen LogP contribution < -0.4 is 19.5 Å². The standard InChI is InChI=1S/C20H25NO4/c1-20(2,3)13-7-9-18(25-6)16(11-13)21-19(22)15-12-14(23-4)8-10-17(15)24-5/h7-12H,1-6H3,(H,21,22). The third kappa shape index (κ3) is 4.24. The highest BCUT2D eigenvalue weighted by Crippen LogP contribution is 2.32. The number of hydrogen-bond donors (Lipinski definition) is 1. The Bertz CT molecular complexity index is 763. The van der Waals surface area contributed by atoms with Crippen LogP contribution in [0.2, 0.25) is 0 Å². The van der Waals surface area contributed by atoms with Crippen LogP contribution in [0.3, 0.4) is 0 Å². The molecule has 5 heteroatoms. The summed E-state index contributed by atoms with van der Waals surface area (Å²) >= 11 is 0. The summed E-state index contributed by atoms with van der Waals surface area (Å²) in [5.41, 5.74) is 2.07. The van der Waals surface area contributed by atoms with Crippen LogP contribution in [0, 0.1) is 0 Å². The van der Waals surface area contributed by atoms with E-state index in [0.717, 1.165) is 5.56 Å². The molecule has 0 atom stereocenters. The molecule has 0 saturated carbocycles. The Morgan fingerprint density at radius 1 is 0.880 bits per heavy atom.